The molecule has 0 aliphatic rings. The van der Waals surface area contributed by atoms with E-state index in [1.807, 2.05) is 55.5 Å². The van der Waals surface area contributed by atoms with E-state index >= 15 is 0 Å². The van der Waals surface area contributed by atoms with E-state index in [9.17, 15) is 69.3 Å². The van der Waals surface area contributed by atoms with Gasteiger partial charge >= 0.3 is 0 Å². The Hall–Kier alpha value is -5.05. The number of para-hydroxylation sites is 1. The van der Waals surface area contributed by atoms with E-state index in [2.05, 4.69) is 35.4 Å². The number of rotatable bonds is 28. The molecule has 496 valence electrons. The normalized spacial score (nSPS) is 10.1. The Labute approximate surface area is 492 Å². The van der Waals surface area contributed by atoms with Crippen LogP contribution in [0, 0.1) is 0 Å². The Kier molecular flexibility index (Phi) is 101. The number of ether oxygens (including phenoxy) is 7. The first-order valence-electron chi connectivity index (χ1n) is 23.4. The number of hydrogen-bond donors (Lipinski definition) is 3. The highest BCUT2D eigenvalue weighted by Crippen LogP contribution is 2.22. The zero-order valence-corrected chi connectivity index (χ0v) is 45.4. The molecule has 0 spiro atoms. The summed E-state index contributed by atoms with van der Waals surface area (Å²) in [6, 6.07) is 6.86. The molecule has 0 aromatic heterocycles. The lowest BCUT2D eigenvalue weighted by Gasteiger charge is -2.37. The Morgan fingerprint density at radius 3 is 1.17 bits per heavy atom. The highest BCUT2D eigenvalue weighted by Gasteiger charge is 2.34. The topological polar surface area (TPSA) is 417 Å². The highest BCUT2D eigenvalue weighted by molar-refractivity contribution is 5.89. The number of quaternary nitrogens is 3. The summed E-state index contributed by atoms with van der Waals surface area (Å²) in [5.41, 5.74) is 5.06. The van der Waals surface area contributed by atoms with Crippen molar-refractivity contribution >= 4 is 41.8 Å². The van der Waals surface area contributed by atoms with E-state index in [4.69, 9.17) is 28.4 Å². The van der Waals surface area contributed by atoms with Gasteiger partial charge in [-0.1, -0.05) is 79.0 Å². The van der Waals surface area contributed by atoms with Crippen molar-refractivity contribution in [1.29, 1.82) is 0 Å². The number of benzene rings is 1. The average molecular weight is 1190 g/mol. The van der Waals surface area contributed by atoms with E-state index in [1.165, 1.54) is 19.9 Å². The first-order valence-corrected chi connectivity index (χ1v) is 23.4. The molecule has 0 saturated heterocycles. The third-order valence-electron chi connectivity index (χ3n) is 6.92. The summed E-state index contributed by atoms with van der Waals surface area (Å²) in [6.07, 6.45) is -4.34. The van der Waals surface area contributed by atoms with E-state index in [-0.39, 0.29) is 97.3 Å². The SMILES string of the molecule is C.C.C.C.C.C.C.C.C.CC(C)OC(CC(=O)[O-])(CC(=O)[O-])C(=O)[O-].CC(C)OC(CC(=O)[O-])C(=O)[O-].CC(C)OCC(=O)[O-].CC(C)OCC[NH3+].CC(C)Oc1ccccc1C(=O)[O-].CC([NH3+])COC(C)C.C[NH2+]CCOC(C)C. The molecule has 2 atom stereocenters. The molecule has 0 amide bonds. The van der Waals surface area contributed by atoms with Crippen molar-refractivity contribution in [2.75, 3.05) is 46.6 Å². The lowest BCUT2D eigenvalue weighted by atomic mass is 9.95. The van der Waals surface area contributed by atoms with E-state index in [0.29, 0.717) is 30.1 Å². The maximum absolute atomic E-state index is 10.8. The number of carboxylic acids is 7. The number of carbonyl (C=O) groups excluding carboxylic acids is 7. The van der Waals surface area contributed by atoms with Crippen molar-refractivity contribution in [1.82, 2.24) is 0 Å². The molecule has 1 rings (SSSR count). The van der Waals surface area contributed by atoms with Crippen LogP contribution in [0.2, 0.25) is 0 Å². The molecule has 8 N–H and O–H groups in total. The number of carbonyl (C=O) groups is 7. The van der Waals surface area contributed by atoms with Crippen molar-refractivity contribution in [2.45, 2.75) is 250 Å². The second-order valence-corrected chi connectivity index (χ2v) is 17.2. The molecule has 0 fully saturated rings. The second kappa shape index (κ2) is 71.1. The fourth-order valence-electron chi connectivity index (χ4n) is 4.25. The molecule has 0 radical (unpaired) electrons. The third-order valence-corrected chi connectivity index (χ3v) is 6.92. The minimum atomic E-state index is -2.45. The molecule has 0 bridgehead atoms. The molecule has 81 heavy (non-hydrogen) atoms. The smallest absolute Gasteiger partial charge is 0.128 e. The fourth-order valence-corrected chi connectivity index (χ4v) is 4.25. The van der Waals surface area contributed by atoms with Crippen LogP contribution in [0.4, 0.5) is 0 Å². The molecule has 24 nitrogen and oxygen atoms in total. The van der Waals surface area contributed by atoms with Crippen LogP contribution in [0.5, 0.6) is 5.75 Å². The molecular formula is C57H123N3O21-4. The molecule has 0 aliphatic carbocycles. The van der Waals surface area contributed by atoms with Gasteiger partial charge < -0.3 is 119 Å². The van der Waals surface area contributed by atoms with Crippen LogP contribution in [-0.4, -0.2) is 149 Å². The second-order valence-electron chi connectivity index (χ2n) is 17.2. The highest BCUT2D eigenvalue weighted by atomic mass is 16.5. The number of hydrogen-bond acceptors (Lipinski definition) is 21. The Balaban J connectivity index is -0.0000000482. The minimum Gasteiger partial charge on any atom is -0.550 e. The van der Waals surface area contributed by atoms with E-state index in [1.54, 1.807) is 45.9 Å². The zero-order valence-electron chi connectivity index (χ0n) is 45.4. The van der Waals surface area contributed by atoms with Gasteiger partial charge in [-0.2, -0.15) is 0 Å². The van der Waals surface area contributed by atoms with E-state index in [0.717, 1.165) is 32.9 Å². The standard InChI is InChI=1S/C10H12O3.C9H14O7.C7H12O5.2C6H15NO.C5H13NO.C5H10O3.9CH4/c1-7(2)13-9-6-4-3-5-8(9)10(11)12;1-5(2)16-9(8(14)15,3-6(10)11)4-7(12)13;1-4(2)12-5(7(10)11)3-6(8)9;1-6(2)8-5-4-7-3;1-5(2)8-4-6(3)7;1-5(2)7-4-3-6;1-4(2)8-3-5(6)7;;;;;;;;;/h3-7H,1-2H3,(H,11,12);5H,3-4H2,1-2H3,(H,10,11)(H,12,13)(H,14,15);4-5H,3H2,1-2H3,(H,8,9)(H,10,11);6-7H,4-5H2,1-3H3;5-6H,4,7H2,1-3H3;5H,3-4,6H2,1-2H3;4H,3H2,1-2H3,(H,6,7);9*1H4/p-4. The van der Waals surface area contributed by atoms with Gasteiger partial charge in [0.15, 0.2) is 0 Å². The largest absolute Gasteiger partial charge is 0.550 e. The molecule has 2 unspecified atom stereocenters. The summed E-state index contributed by atoms with van der Waals surface area (Å²) in [5.74, 6) is -10.4. The van der Waals surface area contributed by atoms with Gasteiger partial charge in [0.1, 0.15) is 23.5 Å². The Bertz CT molecular complexity index is 1550. The summed E-state index contributed by atoms with van der Waals surface area (Å²) in [6.45, 7) is 31.6. The van der Waals surface area contributed by atoms with E-state index < -0.39 is 78.9 Å². The molecule has 0 aliphatic heterocycles. The minimum absolute atomic E-state index is 0. The van der Waals surface area contributed by atoms with Crippen LogP contribution in [0.3, 0.4) is 0 Å². The van der Waals surface area contributed by atoms with Crippen LogP contribution in [-0.2, 0) is 57.2 Å². The van der Waals surface area contributed by atoms with Crippen molar-refractivity contribution < 1.29 is 119 Å². The molecule has 1 aromatic carbocycles. The Morgan fingerprint density at radius 1 is 0.531 bits per heavy atom. The number of nitrogens with two attached hydrogens (primary N) is 1. The maximum atomic E-state index is 10.8. The lowest BCUT2D eigenvalue weighted by molar-refractivity contribution is -0.628. The molecule has 1 aromatic rings. The number of aromatic carboxylic acids is 1. The number of carboxylic acid groups (broad SMARTS) is 7. The summed E-state index contributed by atoms with van der Waals surface area (Å²) in [5, 5.41) is 74.2. The van der Waals surface area contributed by atoms with Gasteiger partial charge in [-0.3, -0.25) is 0 Å². The van der Waals surface area contributed by atoms with Crippen molar-refractivity contribution in [3.8, 4) is 5.75 Å². The maximum Gasteiger partial charge on any atom is 0.128 e. The summed E-state index contributed by atoms with van der Waals surface area (Å²) < 4.78 is 35.1. The van der Waals surface area contributed by atoms with Gasteiger partial charge in [-0.25, -0.2) is 0 Å². The number of likely N-dealkylation sites (N-methyl/N-ethyl adjacent to an activating group) is 1. The average Bonchev–Trinajstić information content (AvgIpc) is 3.21. The Morgan fingerprint density at radius 2 is 0.938 bits per heavy atom. The van der Waals surface area contributed by atoms with Crippen molar-refractivity contribution in [2.24, 2.45) is 0 Å². The summed E-state index contributed by atoms with van der Waals surface area (Å²) in [7, 11) is 2.05. The molecule has 0 saturated carbocycles. The third kappa shape index (κ3) is 91.7. The van der Waals surface area contributed by atoms with Crippen LogP contribution < -0.4 is 57.3 Å². The first kappa shape index (κ1) is 115. The summed E-state index contributed by atoms with van der Waals surface area (Å²) >= 11 is 0. The predicted molar refractivity (Wildman–Crippen MR) is 307 cm³/mol. The van der Waals surface area contributed by atoms with Crippen molar-refractivity contribution in [3.05, 3.63) is 29.8 Å². The van der Waals surface area contributed by atoms with Gasteiger partial charge in [-0.05, 0) is 116 Å². The van der Waals surface area contributed by atoms with Gasteiger partial charge in [0, 0.05) is 42.7 Å². The summed E-state index contributed by atoms with van der Waals surface area (Å²) in [4.78, 5) is 72.1. The zero-order chi connectivity index (χ0) is 57.7. The van der Waals surface area contributed by atoms with Crippen LogP contribution >= 0.6 is 0 Å². The van der Waals surface area contributed by atoms with Crippen molar-refractivity contribution in [3.63, 3.8) is 0 Å². The van der Waals surface area contributed by atoms with Crippen LogP contribution in [0.1, 0.15) is 200 Å². The fraction of sp³-hybridized carbons (Fsp3) is 0.772. The molecular weight excluding hydrogens is 1060 g/mol. The van der Waals surface area contributed by atoms with Gasteiger partial charge in [-0.15, -0.1) is 0 Å². The van der Waals surface area contributed by atoms with Gasteiger partial charge in [0.25, 0.3) is 0 Å². The lowest BCUT2D eigenvalue weighted by Crippen LogP contribution is -2.80. The number of aliphatic carboxylic acids is 6. The quantitative estimate of drug-likeness (QED) is 0.0836. The van der Waals surface area contributed by atoms with Crippen LogP contribution in [0.25, 0.3) is 0 Å². The predicted octanol–water partition coefficient (Wildman–Crippen LogP) is -1.13. The molecule has 24 heteroatoms. The monoisotopic (exact) mass is 1190 g/mol. The van der Waals surface area contributed by atoms with Crippen LogP contribution in [0.15, 0.2) is 24.3 Å². The van der Waals surface area contributed by atoms with Gasteiger partial charge in [0.2, 0.25) is 0 Å². The first-order chi connectivity index (χ1) is 33.0. The molecule has 0 heterocycles. The van der Waals surface area contributed by atoms with Gasteiger partial charge in [0.05, 0.1) is 113 Å².